The van der Waals surface area contributed by atoms with Crippen molar-refractivity contribution in [2.45, 2.75) is 6.42 Å². The van der Waals surface area contributed by atoms with E-state index in [1.165, 1.54) is 0 Å². The number of hydrogen-bond donors (Lipinski definition) is 2. The highest BCUT2D eigenvalue weighted by atomic mass is 35.5. The second-order valence-electron chi connectivity index (χ2n) is 3.54. The van der Waals surface area contributed by atoms with E-state index in [0.717, 1.165) is 5.69 Å². The molecule has 2 N–H and O–H groups in total. The molecule has 0 unspecified atom stereocenters. The molecule has 0 saturated heterocycles. The van der Waals surface area contributed by atoms with Crippen LogP contribution in [0.4, 0.5) is 5.69 Å². The lowest BCUT2D eigenvalue weighted by atomic mass is 10.2. The molecule has 5 heteroatoms. The summed E-state index contributed by atoms with van der Waals surface area (Å²) in [6.07, 6.45) is 2.05. The van der Waals surface area contributed by atoms with E-state index in [1.54, 1.807) is 24.4 Å². The van der Waals surface area contributed by atoms with Gasteiger partial charge in [0.15, 0.2) is 0 Å². The van der Waals surface area contributed by atoms with E-state index in [9.17, 15) is 4.79 Å². The standard InChI is InChI=1S/C12H10Cl2N2O/c13-8-3-4-10(14)11(6-8)16-12(17)7-9-2-1-5-15-9/h1-6,15H,7H2,(H,16,17). The molecule has 0 aliphatic heterocycles. The van der Waals surface area contributed by atoms with Gasteiger partial charge in [0.1, 0.15) is 0 Å². The Hall–Kier alpha value is -1.45. The molecule has 0 radical (unpaired) electrons. The third-order valence-corrected chi connectivity index (χ3v) is 2.78. The molecule has 0 saturated carbocycles. The van der Waals surface area contributed by atoms with Gasteiger partial charge in [-0.15, -0.1) is 0 Å². The van der Waals surface area contributed by atoms with Crippen LogP contribution in [0.5, 0.6) is 0 Å². The largest absolute Gasteiger partial charge is 0.365 e. The average molecular weight is 269 g/mol. The van der Waals surface area contributed by atoms with Crippen LogP contribution in [-0.4, -0.2) is 10.9 Å². The predicted octanol–water partition coefficient (Wildman–Crippen LogP) is 3.50. The Labute approximate surface area is 109 Å². The summed E-state index contributed by atoms with van der Waals surface area (Å²) in [6, 6.07) is 8.63. The van der Waals surface area contributed by atoms with Crippen molar-refractivity contribution >= 4 is 34.8 Å². The first-order valence-corrected chi connectivity index (χ1v) is 5.78. The smallest absolute Gasteiger partial charge is 0.230 e. The van der Waals surface area contributed by atoms with Gasteiger partial charge in [-0.1, -0.05) is 23.2 Å². The molecule has 0 fully saturated rings. The molecular weight excluding hydrogens is 259 g/mol. The minimum absolute atomic E-state index is 0.142. The van der Waals surface area contributed by atoms with E-state index < -0.39 is 0 Å². The highest BCUT2D eigenvalue weighted by Gasteiger charge is 2.07. The first kappa shape index (κ1) is 12.0. The van der Waals surface area contributed by atoms with Gasteiger partial charge in [0, 0.05) is 16.9 Å². The van der Waals surface area contributed by atoms with E-state index in [1.807, 2.05) is 12.1 Å². The first-order valence-electron chi connectivity index (χ1n) is 5.02. The highest BCUT2D eigenvalue weighted by molar-refractivity contribution is 6.35. The summed E-state index contributed by atoms with van der Waals surface area (Å²) in [4.78, 5) is 14.7. The van der Waals surface area contributed by atoms with E-state index in [4.69, 9.17) is 23.2 Å². The molecule has 0 atom stereocenters. The van der Waals surface area contributed by atoms with Gasteiger partial charge in [0.2, 0.25) is 5.91 Å². The molecule has 0 spiro atoms. The zero-order chi connectivity index (χ0) is 12.3. The molecule has 1 aromatic carbocycles. The zero-order valence-corrected chi connectivity index (χ0v) is 10.3. The van der Waals surface area contributed by atoms with Crippen LogP contribution >= 0.6 is 23.2 Å². The Morgan fingerprint density at radius 2 is 2.12 bits per heavy atom. The molecule has 1 heterocycles. The van der Waals surface area contributed by atoms with Crippen LogP contribution in [0.3, 0.4) is 0 Å². The molecule has 0 aliphatic rings. The van der Waals surface area contributed by atoms with Crippen molar-refractivity contribution in [2.24, 2.45) is 0 Å². The Balaban J connectivity index is 2.05. The van der Waals surface area contributed by atoms with E-state index in [0.29, 0.717) is 15.7 Å². The monoisotopic (exact) mass is 268 g/mol. The van der Waals surface area contributed by atoms with Gasteiger partial charge in [-0.3, -0.25) is 4.79 Å². The molecular formula is C12H10Cl2N2O. The van der Waals surface area contributed by atoms with E-state index in [2.05, 4.69) is 10.3 Å². The molecule has 1 aromatic heterocycles. The minimum atomic E-state index is -0.142. The SMILES string of the molecule is O=C(Cc1ccc[nH]1)Nc1cc(Cl)ccc1Cl. The summed E-state index contributed by atoms with van der Waals surface area (Å²) in [5.74, 6) is -0.142. The second-order valence-corrected chi connectivity index (χ2v) is 4.39. The fourth-order valence-corrected chi connectivity index (χ4v) is 1.78. The molecule has 2 rings (SSSR count). The Morgan fingerprint density at radius 3 is 2.82 bits per heavy atom. The van der Waals surface area contributed by atoms with Gasteiger partial charge >= 0.3 is 0 Å². The van der Waals surface area contributed by atoms with Crippen LogP contribution in [-0.2, 0) is 11.2 Å². The summed E-state index contributed by atoms with van der Waals surface area (Å²) >= 11 is 11.8. The average Bonchev–Trinajstić information content (AvgIpc) is 2.76. The third kappa shape index (κ3) is 3.25. The summed E-state index contributed by atoms with van der Waals surface area (Å²) in [7, 11) is 0. The number of nitrogens with one attached hydrogen (secondary N) is 2. The number of halogens is 2. The predicted molar refractivity (Wildman–Crippen MR) is 69.6 cm³/mol. The lowest BCUT2D eigenvalue weighted by Crippen LogP contribution is -2.14. The number of benzene rings is 1. The van der Waals surface area contributed by atoms with Crippen molar-refractivity contribution in [2.75, 3.05) is 5.32 Å². The molecule has 0 aliphatic carbocycles. The normalized spacial score (nSPS) is 10.2. The van der Waals surface area contributed by atoms with Gasteiger partial charge in [-0.25, -0.2) is 0 Å². The summed E-state index contributed by atoms with van der Waals surface area (Å²) < 4.78 is 0. The van der Waals surface area contributed by atoms with Crippen molar-refractivity contribution in [1.29, 1.82) is 0 Å². The molecule has 0 bridgehead atoms. The number of hydrogen-bond acceptors (Lipinski definition) is 1. The van der Waals surface area contributed by atoms with Crippen LogP contribution in [0.25, 0.3) is 0 Å². The van der Waals surface area contributed by atoms with Crippen LogP contribution in [0, 0.1) is 0 Å². The molecule has 17 heavy (non-hydrogen) atoms. The molecule has 88 valence electrons. The quantitative estimate of drug-likeness (QED) is 0.880. The van der Waals surface area contributed by atoms with Crippen LogP contribution in [0.15, 0.2) is 36.5 Å². The zero-order valence-electron chi connectivity index (χ0n) is 8.84. The van der Waals surface area contributed by atoms with E-state index in [-0.39, 0.29) is 12.3 Å². The fourth-order valence-electron chi connectivity index (χ4n) is 1.44. The van der Waals surface area contributed by atoms with Crippen LogP contribution < -0.4 is 5.32 Å². The Morgan fingerprint density at radius 1 is 1.29 bits per heavy atom. The number of rotatable bonds is 3. The fraction of sp³-hybridized carbons (Fsp3) is 0.0833. The number of anilines is 1. The minimum Gasteiger partial charge on any atom is -0.365 e. The van der Waals surface area contributed by atoms with E-state index >= 15 is 0 Å². The number of carbonyl (C=O) groups excluding carboxylic acids is 1. The van der Waals surface area contributed by atoms with Crippen molar-refractivity contribution in [3.63, 3.8) is 0 Å². The van der Waals surface area contributed by atoms with Crippen molar-refractivity contribution in [3.8, 4) is 0 Å². The maximum Gasteiger partial charge on any atom is 0.230 e. The maximum atomic E-state index is 11.7. The van der Waals surface area contributed by atoms with Gasteiger partial charge in [0.05, 0.1) is 17.1 Å². The second kappa shape index (κ2) is 5.25. The number of aromatic amines is 1. The molecule has 1 amide bonds. The Kier molecular flexibility index (Phi) is 3.71. The molecule has 3 nitrogen and oxygen atoms in total. The van der Waals surface area contributed by atoms with Crippen LogP contribution in [0.2, 0.25) is 10.0 Å². The highest BCUT2D eigenvalue weighted by Crippen LogP contribution is 2.25. The lowest BCUT2D eigenvalue weighted by Gasteiger charge is -2.06. The van der Waals surface area contributed by atoms with Gasteiger partial charge in [-0.2, -0.15) is 0 Å². The first-order chi connectivity index (χ1) is 8.15. The van der Waals surface area contributed by atoms with Gasteiger partial charge in [-0.05, 0) is 30.3 Å². The van der Waals surface area contributed by atoms with Crippen LogP contribution in [0.1, 0.15) is 5.69 Å². The Bertz CT molecular complexity index is 523. The third-order valence-electron chi connectivity index (χ3n) is 2.22. The number of H-pyrrole nitrogens is 1. The van der Waals surface area contributed by atoms with Crippen molar-refractivity contribution in [3.05, 3.63) is 52.3 Å². The number of aromatic nitrogens is 1. The topological polar surface area (TPSA) is 44.9 Å². The number of carbonyl (C=O) groups is 1. The van der Waals surface area contributed by atoms with Crippen molar-refractivity contribution < 1.29 is 4.79 Å². The van der Waals surface area contributed by atoms with Gasteiger partial charge in [0.25, 0.3) is 0 Å². The number of amides is 1. The summed E-state index contributed by atoms with van der Waals surface area (Å²) in [5.41, 5.74) is 1.37. The maximum absolute atomic E-state index is 11.7. The lowest BCUT2D eigenvalue weighted by molar-refractivity contribution is -0.115. The van der Waals surface area contributed by atoms with Gasteiger partial charge < -0.3 is 10.3 Å². The van der Waals surface area contributed by atoms with Crippen molar-refractivity contribution in [1.82, 2.24) is 4.98 Å². The molecule has 2 aromatic rings. The summed E-state index contributed by atoms with van der Waals surface area (Å²) in [6.45, 7) is 0. The summed E-state index contributed by atoms with van der Waals surface area (Å²) in [5, 5.41) is 3.71.